The fraction of sp³-hybridized carbons (Fsp3) is 0.222. The molecular formula is C36H32F3N3O9S. The summed E-state index contributed by atoms with van der Waals surface area (Å²) >= 11 is 0. The van der Waals surface area contributed by atoms with E-state index in [4.69, 9.17) is 4.74 Å². The first-order valence-electron chi connectivity index (χ1n) is 15.7. The van der Waals surface area contributed by atoms with Gasteiger partial charge in [-0.05, 0) is 83.9 Å². The molecule has 1 heterocycles. The van der Waals surface area contributed by atoms with Gasteiger partial charge in [0.05, 0.1) is 29.1 Å². The van der Waals surface area contributed by atoms with Gasteiger partial charge in [0.15, 0.2) is 9.84 Å². The maximum atomic E-state index is 13.4. The number of hydrogen-bond acceptors (Lipinski definition) is 9. The Hall–Kier alpha value is -5.90. The zero-order chi connectivity index (χ0) is 37.6. The molecule has 2 amide bonds. The predicted octanol–water partition coefficient (Wildman–Crippen LogP) is 4.77. The number of benzene rings is 4. The van der Waals surface area contributed by atoms with Crippen LogP contribution in [0.4, 0.5) is 24.5 Å². The Morgan fingerprint density at radius 1 is 0.846 bits per heavy atom. The number of hydrogen-bond donors (Lipinski definition) is 3. The number of alkyl halides is 3. The first-order valence-corrected chi connectivity index (χ1v) is 17.5. The number of rotatable bonds is 11. The quantitative estimate of drug-likeness (QED) is 0.144. The average molecular weight is 740 g/mol. The Morgan fingerprint density at radius 3 is 2.06 bits per heavy atom. The highest BCUT2D eigenvalue weighted by Crippen LogP contribution is 2.34. The highest BCUT2D eigenvalue weighted by molar-refractivity contribution is 7.91. The molecule has 16 heteroatoms. The Labute approximate surface area is 296 Å². The molecule has 272 valence electrons. The van der Waals surface area contributed by atoms with Crippen LogP contribution in [-0.2, 0) is 38.6 Å². The number of carbonyl (C=O) groups excluding carboxylic acids is 3. The van der Waals surface area contributed by atoms with Crippen molar-refractivity contribution in [2.75, 3.05) is 41.4 Å². The van der Waals surface area contributed by atoms with Crippen LogP contribution in [0.2, 0.25) is 0 Å². The van der Waals surface area contributed by atoms with Crippen LogP contribution in [0.1, 0.15) is 37.4 Å². The van der Waals surface area contributed by atoms with Crippen LogP contribution in [0.5, 0.6) is 11.5 Å². The van der Waals surface area contributed by atoms with Crippen molar-refractivity contribution in [3.8, 4) is 11.5 Å². The van der Waals surface area contributed by atoms with E-state index in [1.165, 1.54) is 36.4 Å². The maximum absolute atomic E-state index is 13.4. The van der Waals surface area contributed by atoms with Crippen molar-refractivity contribution in [2.24, 2.45) is 0 Å². The average Bonchev–Trinajstić information content (AvgIpc) is 3.09. The molecule has 1 aliphatic rings. The summed E-state index contributed by atoms with van der Waals surface area (Å²) < 4.78 is 68.9. The number of carbonyl (C=O) groups is 4. The lowest BCUT2D eigenvalue weighted by Crippen LogP contribution is -2.40. The molecule has 4 aromatic rings. The predicted molar refractivity (Wildman–Crippen MR) is 183 cm³/mol. The van der Waals surface area contributed by atoms with Crippen molar-refractivity contribution >= 4 is 45.0 Å². The number of ether oxygens (including phenoxy) is 1. The van der Waals surface area contributed by atoms with Gasteiger partial charge in [0.2, 0.25) is 5.91 Å². The minimum absolute atomic E-state index is 0.0650. The number of sulfone groups is 1. The van der Waals surface area contributed by atoms with Crippen molar-refractivity contribution in [3.05, 3.63) is 119 Å². The molecule has 0 spiro atoms. The van der Waals surface area contributed by atoms with E-state index in [9.17, 15) is 51.0 Å². The van der Waals surface area contributed by atoms with Gasteiger partial charge >= 0.3 is 18.1 Å². The SMILES string of the molecule is O=C(O)CN(Cc1ccc(OC(=O)c2ccc(N3CCS(=O)(=O)CC3)cc2)cc1)C(=O)c1ccc(NC(=O)Cc2ccc(O)cc2C(F)(F)F)cc1. The molecule has 0 saturated carbocycles. The number of nitrogens with one attached hydrogen (secondary N) is 1. The van der Waals surface area contributed by atoms with Crippen molar-refractivity contribution in [3.63, 3.8) is 0 Å². The second-order valence-electron chi connectivity index (χ2n) is 11.9. The van der Waals surface area contributed by atoms with Crippen LogP contribution >= 0.6 is 0 Å². The van der Waals surface area contributed by atoms with Crippen LogP contribution in [0.25, 0.3) is 0 Å². The van der Waals surface area contributed by atoms with E-state index in [-0.39, 0.29) is 46.2 Å². The number of phenolic OH excluding ortho intramolecular Hbond substituents is 1. The molecule has 1 aliphatic heterocycles. The molecule has 0 atom stereocenters. The highest BCUT2D eigenvalue weighted by Gasteiger charge is 2.34. The summed E-state index contributed by atoms with van der Waals surface area (Å²) in [4.78, 5) is 53.1. The fourth-order valence-electron chi connectivity index (χ4n) is 5.43. The number of aromatic hydroxyl groups is 1. The summed E-state index contributed by atoms with van der Waals surface area (Å²) in [7, 11) is -3.03. The summed E-state index contributed by atoms with van der Waals surface area (Å²) in [6, 6.07) is 20.7. The molecule has 5 rings (SSSR count). The van der Waals surface area contributed by atoms with Crippen molar-refractivity contribution in [1.29, 1.82) is 0 Å². The third-order valence-electron chi connectivity index (χ3n) is 8.10. The number of amides is 2. The summed E-state index contributed by atoms with van der Waals surface area (Å²) in [5.74, 6) is -3.59. The van der Waals surface area contributed by atoms with Gasteiger partial charge in [-0.1, -0.05) is 18.2 Å². The smallest absolute Gasteiger partial charge is 0.416 e. The van der Waals surface area contributed by atoms with Crippen LogP contribution in [0, 0.1) is 0 Å². The van der Waals surface area contributed by atoms with E-state index in [1.54, 1.807) is 36.4 Å². The third-order valence-corrected chi connectivity index (χ3v) is 9.71. The normalized spacial score (nSPS) is 13.9. The van der Waals surface area contributed by atoms with Crippen molar-refractivity contribution in [1.82, 2.24) is 4.90 Å². The van der Waals surface area contributed by atoms with Crippen LogP contribution in [0.15, 0.2) is 91.0 Å². The minimum Gasteiger partial charge on any atom is -0.508 e. The Kier molecular flexibility index (Phi) is 11.2. The molecule has 0 aliphatic carbocycles. The van der Waals surface area contributed by atoms with Crippen LogP contribution in [0.3, 0.4) is 0 Å². The van der Waals surface area contributed by atoms with Crippen LogP contribution in [-0.4, -0.2) is 78.4 Å². The topological polar surface area (TPSA) is 171 Å². The Morgan fingerprint density at radius 2 is 1.46 bits per heavy atom. The number of phenols is 1. The second-order valence-corrected chi connectivity index (χ2v) is 14.2. The number of halogens is 3. The standard InChI is InChI=1S/C36H32F3N3O9S/c37-36(38,39)31-20-29(43)12-7-26(31)19-32(44)40-27-8-3-24(4-9-27)34(47)42(22-33(45)46)21-23-1-13-30(14-2-23)51-35(48)25-5-10-28(11-6-25)41-15-17-52(49,50)18-16-41/h1-14,20,43H,15-19,21-22H2,(H,40,44)(H,45,46). The lowest BCUT2D eigenvalue weighted by atomic mass is 10.0. The largest absolute Gasteiger partial charge is 0.508 e. The van der Waals surface area contributed by atoms with E-state index in [1.807, 2.05) is 4.90 Å². The van der Waals surface area contributed by atoms with Gasteiger partial charge < -0.3 is 30.1 Å². The molecule has 0 unspecified atom stereocenters. The molecular weight excluding hydrogens is 707 g/mol. The monoisotopic (exact) mass is 739 g/mol. The molecule has 0 radical (unpaired) electrons. The maximum Gasteiger partial charge on any atom is 0.416 e. The summed E-state index contributed by atoms with van der Waals surface area (Å²) in [5.41, 5.74) is 0.363. The molecule has 1 saturated heterocycles. The van der Waals surface area contributed by atoms with Gasteiger partial charge in [-0.3, -0.25) is 14.4 Å². The number of carboxylic acid groups (broad SMARTS) is 1. The minimum atomic E-state index is -4.78. The van der Waals surface area contributed by atoms with Crippen molar-refractivity contribution in [2.45, 2.75) is 19.1 Å². The molecule has 3 N–H and O–H groups in total. The molecule has 0 aromatic heterocycles. The zero-order valence-electron chi connectivity index (χ0n) is 27.3. The van der Waals surface area contributed by atoms with Gasteiger partial charge in [0.25, 0.3) is 5.91 Å². The van der Waals surface area contributed by atoms with Gasteiger partial charge in [-0.15, -0.1) is 0 Å². The third kappa shape index (κ3) is 9.87. The highest BCUT2D eigenvalue weighted by atomic mass is 32.2. The molecule has 1 fully saturated rings. The van der Waals surface area contributed by atoms with Gasteiger partial charge in [0.1, 0.15) is 18.0 Å². The Balaban J connectivity index is 1.17. The van der Waals surface area contributed by atoms with E-state index >= 15 is 0 Å². The first kappa shape index (κ1) is 37.4. The van der Waals surface area contributed by atoms with Gasteiger partial charge in [0, 0.05) is 36.6 Å². The van der Waals surface area contributed by atoms with E-state index in [0.29, 0.717) is 24.7 Å². The van der Waals surface area contributed by atoms with Crippen LogP contribution < -0.4 is 15.0 Å². The summed E-state index contributed by atoms with van der Waals surface area (Å²) in [6.07, 6.45) is -5.42. The first-order chi connectivity index (χ1) is 24.6. The van der Waals surface area contributed by atoms with E-state index in [2.05, 4.69) is 5.32 Å². The lowest BCUT2D eigenvalue weighted by molar-refractivity contribution is -0.139. The second kappa shape index (κ2) is 15.6. The van der Waals surface area contributed by atoms with E-state index in [0.717, 1.165) is 22.7 Å². The lowest BCUT2D eigenvalue weighted by Gasteiger charge is -2.28. The number of aliphatic carboxylic acids is 1. The van der Waals surface area contributed by atoms with E-state index < -0.39 is 64.0 Å². The summed E-state index contributed by atoms with van der Waals surface area (Å²) in [5, 5.41) is 21.4. The molecule has 4 aromatic carbocycles. The molecule has 52 heavy (non-hydrogen) atoms. The van der Waals surface area contributed by atoms with Gasteiger partial charge in [-0.25, -0.2) is 13.2 Å². The molecule has 0 bridgehead atoms. The summed E-state index contributed by atoms with van der Waals surface area (Å²) in [6.45, 7) is -0.0377. The zero-order valence-corrected chi connectivity index (χ0v) is 28.1. The number of esters is 1. The number of anilines is 2. The fourth-order valence-corrected chi connectivity index (χ4v) is 6.63. The molecule has 12 nitrogen and oxygen atoms in total. The number of carboxylic acids is 1. The Bertz CT molecular complexity index is 2060. The van der Waals surface area contributed by atoms with Gasteiger partial charge in [-0.2, -0.15) is 13.2 Å². The number of nitrogens with zero attached hydrogens (tertiary/aromatic N) is 2. The van der Waals surface area contributed by atoms with Crippen molar-refractivity contribution < 1.29 is 55.7 Å².